The molecule has 0 amide bonds. The Bertz CT molecular complexity index is 944. The van der Waals surface area contributed by atoms with Gasteiger partial charge in [-0.05, 0) is 22.6 Å². The third kappa shape index (κ3) is 5.00. The maximum absolute atomic E-state index is 13.0. The molecule has 0 unspecified atom stereocenters. The molecule has 0 aliphatic heterocycles. The molecule has 2 atom stereocenters. The monoisotopic (exact) mass is 386 g/mol. The molecular weight excluding hydrogens is 360 g/mol. The number of Topliss-reactive ketones (excluding diaryl/α,β-unsaturated/α-hetero) is 1. The number of ketones is 1. The fourth-order valence-corrected chi connectivity index (χ4v) is 3.71. The van der Waals surface area contributed by atoms with Gasteiger partial charge in [-0.1, -0.05) is 98.8 Å². The lowest BCUT2D eigenvalue weighted by Crippen LogP contribution is -2.23. The maximum Gasteiger partial charge on any atom is 0.311 e. The largest absolute Gasteiger partial charge is 0.481 e. The van der Waals surface area contributed by atoms with E-state index in [1.54, 1.807) is 12.1 Å². The molecule has 29 heavy (non-hydrogen) atoms. The average molecular weight is 386 g/mol. The van der Waals surface area contributed by atoms with Crippen LogP contribution in [0.4, 0.5) is 0 Å². The Balaban J connectivity index is 2.02. The molecule has 3 nitrogen and oxygen atoms in total. The van der Waals surface area contributed by atoms with Crippen LogP contribution in [0.25, 0.3) is 0 Å². The number of rotatable bonds is 8. The van der Waals surface area contributed by atoms with Crippen LogP contribution in [0, 0.1) is 0 Å². The van der Waals surface area contributed by atoms with Crippen molar-refractivity contribution in [1.82, 2.24) is 0 Å². The van der Waals surface area contributed by atoms with Gasteiger partial charge in [0.05, 0.1) is 5.92 Å². The number of carboxylic acids is 1. The van der Waals surface area contributed by atoms with Gasteiger partial charge in [0.1, 0.15) is 0 Å². The lowest BCUT2D eigenvalue weighted by atomic mass is 9.77. The molecule has 0 heterocycles. The maximum atomic E-state index is 13.0. The predicted octanol–water partition coefficient (Wildman–Crippen LogP) is 6.04. The summed E-state index contributed by atoms with van der Waals surface area (Å²) in [7, 11) is 0. The first-order chi connectivity index (χ1) is 14.0. The Kier molecular flexibility index (Phi) is 6.61. The summed E-state index contributed by atoms with van der Waals surface area (Å²) in [4.78, 5) is 25.3. The molecule has 0 bridgehead atoms. The van der Waals surface area contributed by atoms with Crippen LogP contribution in [0.2, 0.25) is 0 Å². The lowest BCUT2D eigenvalue weighted by molar-refractivity contribution is -0.139. The molecule has 0 fully saturated rings. The highest BCUT2D eigenvalue weighted by Gasteiger charge is 2.33. The van der Waals surface area contributed by atoms with Gasteiger partial charge < -0.3 is 5.11 Å². The van der Waals surface area contributed by atoms with Crippen molar-refractivity contribution in [3.63, 3.8) is 0 Å². The minimum atomic E-state index is -0.921. The zero-order valence-corrected chi connectivity index (χ0v) is 16.8. The van der Waals surface area contributed by atoms with Crippen molar-refractivity contribution >= 4 is 11.8 Å². The van der Waals surface area contributed by atoms with E-state index >= 15 is 0 Å². The Morgan fingerprint density at radius 1 is 0.724 bits per heavy atom. The molecule has 0 saturated heterocycles. The summed E-state index contributed by atoms with van der Waals surface area (Å²) in [6, 6.07) is 26.3. The molecule has 3 aromatic carbocycles. The van der Waals surface area contributed by atoms with Gasteiger partial charge in [0.25, 0.3) is 0 Å². The first kappa shape index (κ1) is 20.5. The summed E-state index contributed by atoms with van der Waals surface area (Å²) < 4.78 is 0. The Hall–Kier alpha value is -3.20. The highest BCUT2D eigenvalue weighted by molar-refractivity contribution is 5.97. The van der Waals surface area contributed by atoms with Crippen molar-refractivity contribution in [1.29, 1.82) is 0 Å². The Labute approximate surface area is 172 Å². The van der Waals surface area contributed by atoms with Crippen molar-refractivity contribution in [2.45, 2.75) is 38.0 Å². The Morgan fingerprint density at radius 3 is 1.76 bits per heavy atom. The summed E-state index contributed by atoms with van der Waals surface area (Å²) in [6.07, 6.45) is 0.136. The van der Waals surface area contributed by atoms with Gasteiger partial charge in [0.15, 0.2) is 5.78 Å². The van der Waals surface area contributed by atoms with E-state index in [2.05, 4.69) is 13.8 Å². The van der Waals surface area contributed by atoms with Crippen LogP contribution in [0.1, 0.15) is 65.1 Å². The summed E-state index contributed by atoms with van der Waals surface area (Å²) in [6.45, 7) is 4.24. The molecule has 3 rings (SSSR count). The SMILES string of the molecule is CC(C)c1ccc([C@H](CC(=O)c2ccccc2)[C@H](C(=O)O)c2ccccc2)cc1. The van der Waals surface area contributed by atoms with E-state index in [0.717, 1.165) is 5.56 Å². The van der Waals surface area contributed by atoms with Gasteiger partial charge in [0, 0.05) is 17.9 Å². The molecule has 0 aromatic heterocycles. The minimum absolute atomic E-state index is 0.0503. The van der Waals surface area contributed by atoms with Gasteiger partial charge in [-0.25, -0.2) is 0 Å². The molecule has 3 aromatic rings. The van der Waals surface area contributed by atoms with Crippen LogP contribution in [0.5, 0.6) is 0 Å². The number of aliphatic carboxylic acids is 1. The van der Waals surface area contributed by atoms with E-state index < -0.39 is 17.8 Å². The molecule has 0 radical (unpaired) electrons. The van der Waals surface area contributed by atoms with Crippen LogP contribution in [0.3, 0.4) is 0 Å². The smallest absolute Gasteiger partial charge is 0.311 e. The third-order valence-electron chi connectivity index (χ3n) is 5.36. The second kappa shape index (κ2) is 9.33. The number of carbonyl (C=O) groups excluding carboxylic acids is 1. The average Bonchev–Trinajstić information content (AvgIpc) is 2.74. The summed E-state index contributed by atoms with van der Waals surface area (Å²) in [5, 5.41) is 10.1. The normalized spacial score (nSPS) is 13.1. The summed E-state index contributed by atoms with van der Waals surface area (Å²) in [5.74, 6) is -1.84. The Morgan fingerprint density at radius 2 is 1.24 bits per heavy atom. The molecule has 0 aliphatic carbocycles. The first-order valence-electron chi connectivity index (χ1n) is 9.93. The summed E-state index contributed by atoms with van der Waals surface area (Å²) >= 11 is 0. The fourth-order valence-electron chi connectivity index (χ4n) is 3.71. The predicted molar refractivity (Wildman–Crippen MR) is 115 cm³/mol. The minimum Gasteiger partial charge on any atom is -0.481 e. The molecule has 0 aliphatic rings. The highest BCUT2D eigenvalue weighted by atomic mass is 16.4. The second-order valence-corrected chi connectivity index (χ2v) is 7.65. The number of benzene rings is 3. The van der Waals surface area contributed by atoms with Crippen molar-refractivity contribution in [3.8, 4) is 0 Å². The second-order valence-electron chi connectivity index (χ2n) is 7.65. The van der Waals surface area contributed by atoms with Crippen molar-refractivity contribution in [3.05, 3.63) is 107 Å². The number of hydrogen-bond acceptors (Lipinski definition) is 2. The van der Waals surface area contributed by atoms with Crippen molar-refractivity contribution in [2.24, 2.45) is 0 Å². The number of carbonyl (C=O) groups is 2. The van der Waals surface area contributed by atoms with Gasteiger partial charge in [-0.3, -0.25) is 9.59 Å². The van der Waals surface area contributed by atoms with E-state index in [4.69, 9.17) is 0 Å². The molecule has 0 spiro atoms. The van der Waals surface area contributed by atoms with E-state index in [0.29, 0.717) is 17.0 Å². The quantitative estimate of drug-likeness (QED) is 0.481. The first-order valence-corrected chi connectivity index (χ1v) is 9.93. The summed E-state index contributed by atoms with van der Waals surface area (Å²) in [5.41, 5.74) is 3.37. The topological polar surface area (TPSA) is 54.4 Å². The van der Waals surface area contributed by atoms with E-state index in [-0.39, 0.29) is 12.2 Å². The van der Waals surface area contributed by atoms with Crippen molar-refractivity contribution in [2.75, 3.05) is 0 Å². The van der Waals surface area contributed by atoms with Gasteiger partial charge >= 0.3 is 5.97 Å². The lowest BCUT2D eigenvalue weighted by Gasteiger charge is -2.25. The molecule has 1 N–H and O–H groups in total. The molecule has 0 saturated carbocycles. The van der Waals surface area contributed by atoms with Crippen LogP contribution < -0.4 is 0 Å². The standard InChI is InChI=1S/C26H26O3/c1-18(2)19-13-15-20(16-14-19)23(17-24(27)21-9-5-3-6-10-21)25(26(28)29)22-11-7-4-8-12-22/h3-16,18,23,25H,17H2,1-2H3,(H,28,29)/t23-,25+/m0/s1. The third-order valence-corrected chi connectivity index (χ3v) is 5.36. The van der Waals surface area contributed by atoms with Gasteiger partial charge in [0.2, 0.25) is 0 Å². The van der Waals surface area contributed by atoms with Crippen LogP contribution >= 0.6 is 0 Å². The van der Waals surface area contributed by atoms with Crippen molar-refractivity contribution < 1.29 is 14.7 Å². The fraction of sp³-hybridized carbons (Fsp3) is 0.231. The zero-order valence-electron chi connectivity index (χ0n) is 16.8. The van der Waals surface area contributed by atoms with Crippen LogP contribution in [-0.2, 0) is 4.79 Å². The van der Waals surface area contributed by atoms with Crippen LogP contribution in [0.15, 0.2) is 84.9 Å². The van der Waals surface area contributed by atoms with E-state index in [1.807, 2.05) is 72.8 Å². The van der Waals surface area contributed by atoms with E-state index in [1.165, 1.54) is 5.56 Å². The number of carboxylic acid groups (broad SMARTS) is 1. The van der Waals surface area contributed by atoms with Crippen LogP contribution in [-0.4, -0.2) is 16.9 Å². The molecular formula is C26H26O3. The zero-order chi connectivity index (χ0) is 20.8. The number of hydrogen-bond donors (Lipinski definition) is 1. The molecule has 148 valence electrons. The van der Waals surface area contributed by atoms with Gasteiger partial charge in [-0.15, -0.1) is 0 Å². The highest BCUT2D eigenvalue weighted by Crippen LogP contribution is 2.37. The van der Waals surface area contributed by atoms with Gasteiger partial charge in [-0.2, -0.15) is 0 Å². The van der Waals surface area contributed by atoms with E-state index in [9.17, 15) is 14.7 Å². The molecule has 3 heteroatoms.